The summed E-state index contributed by atoms with van der Waals surface area (Å²) in [5.74, 6) is 5.39. The van der Waals surface area contributed by atoms with Crippen LogP contribution in [0.5, 0.6) is 0 Å². The summed E-state index contributed by atoms with van der Waals surface area (Å²) in [5, 5.41) is 10.8. The molecule has 2 aromatic rings. The van der Waals surface area contributed by atoms with Gasteiger partial charge < -0.3 is 5.11 Å². The molecule has 0 heterocycles. The molecule has 0 amide bonds. The van der Waals surface area contributed by atoms with Crippen LogP contribution < -0.4 is 0 Å². The van der Waals surface area contributed by atoms with Gasteiger partial charge in [0.05, 0.1) is 0 Å². The smallest absolute Gasteiger partial charge is 0.303 e. The maximum Gasteiger partial charge on any atom is 0.303 e. The van der Waals surface area contributed by atoms with Gasteiger partial charge in [0.25, 0.3) is 0 Å². The standard InChI is InChI=1S/C16H14O2/c17-16(18)12-3-1-2-7-13-9-6-10-14-8-4-5-11-15(13)14/h4-6,8-11H,1,3,12H2,(H,17,18). The van der Waals surface area contributed by atoms with Gasteiger partial charge >= 0.3 is 5.97 Å². The summed E-state index contributed by atoms with van der Waals surface area (Å²) in [7, 11) is 0. The van der Waals surface area contributed by atoms with Crippen molar-refractivity contribution in [1.82, 2.24) is 0 Å². The first-order valence-electron chi connectivity index (χ1n) is 5.96. The van der Waals surface area contributed by atoms with E-state index in [9.17, 15) is 4.79 Å². The number of hydrogen-bond donors (Lipinski definition) is 1. The molecule has 2 heteroatoms. The summed E-state index contributed by atoms with van der Waals surface area (Å²) < 4.78 is 0. The molecule has 18 heavy (non-hydrogen) atoms. The normalized spacial score (nSPS) is 9.78. The van der Waals surface area contributed by atoms with Crippen molar-refractivity contribution < 1.29 is 9.90 Å². The molecule has 0 aliphatic heterocycles. The Balaban J connectivity index is 2.12. The Morgan fingerprint density at radius 1 is 1.11 bits per heavy atom. The fraction of sp³-hybridized carbons (Fsp3) is 0.188. The third-order valence-electron chi connectivity index (χ3n) is 2.71. The predicted molar refractivity (Wildman–Crippen MR) is 72.3 cm³/mol. The van der Waals surface area contributed by atoms with E-state index >= 15 is 0 Å². The monoisotopic (exact) mass is 238 g/mol. The topological polar surface area (TPSA) is 37.3 Å². The first kappa shape index (κ1) is 12.2. The molecule has 0 aliphatic rings. The maximum atomic E-state index is 10.4. The molecular weight excluding hydrogens is 224 g/mol. The van der Waals surface area contributed by atoms with Crippen molar-refractivity contribution in [2.45, 2.75) is 19.3 Å². The van der Waals surface area contributed by atoms with E-state index < -0.39 is 5.97 Å². The van der Waals surface area contributed by atoms with Crippen molar-refractivity contribution in [3.05, 3.63) is 48.0 Å². The minimum Gasteiger partial charge on any atom is -0.481 e. The van der Waals surface area contributed by atoms with Gasteiger partial charge in [0.1, 0.15) is 0 Å². The Morgan fingerprint density at radius 2 is 1.89 bits per heavy atom. The molecular formula is C16H14O2. The number of aliphatic carboxylic acids is 1. The number of carboxylic acid groups (broad SMARTS) is 1. The summed E-state index contributed by atoms with van der Waals surface area (Å²) in [5.41, 5.74) is 1.00. The molecule has 0 spiro atoms. The van der Waals surface area contributed by atoms with E-state index in [-0.39, 0.29) is 6.42 Å². The van der Waals surface area contributed by atoms with Crippen LogP contribution in [0.1, 0.15) is 24.8 Å². The second-order valence-electron chi connectivity index (χ2n) is 4.08. The average molecular weight is 238 g/mol. The van der Waals surface area contributed by atoms with Crippen LogP contribution in [0.4, 0.5) is 0 Å². The van der Waals surface area contributed by atoms with E-state index in [1.54, 1.807) is 0 Å². The largest absolute Gasteiger partial charge is 0.481 e. The number of benzene rings is 2. The average Bonchev–Trinajstić information content (AvgIpc) is 2.38. The molecule has 2 nitrogen and oxygen atoms in total. The molecule has 0 bridgehead atoms. The van der Waals surface area contributed by atoms with Gasteiger partial charge in [-0.15, -0.1) is 0 Å². The Bertz CT molecular complexity index is 612. The zero-order valence-electron chi connectivity index (χ0n) is 10.0. The first-order chi connectivity index (χ1) is 8.77. The van der Waals surface area contributed by atoms with E-state index in [1.165, 1.54) is 5.39 Å². The summed E-state index contributed by atoms with van der Waals surface area (Å²) in [4.78, 5) is 10.4. The van der Waals surface area contributed by atoms with Crippen LogP contribution in [-0.2, 0) is 4.79 Å². The van der Waals surface area contributed by atoms with Crippen LogP contribution in [0.25, 0.3) is 10.8 Å². The zero-order chi connectivity index (χ0) is 12.8. The number of rotatable bonds is 3. The van der Waals surface area contributed by atoms with Crippen molar-refractivity contribution >= 4 is 16.7 Å². The summed E-state index contributed by atoms with van der Waals surface area (Å²) in [6, 6.07) is 14.2. The van der Waals surface area contributed by atoms with E-state index in [4.69, 9.17) is 5.11 Å². The van der Waals surface area contributed by atoms with Crippen LogP contribution in [0.2, 0.25) is 0 Å². The Hall–Kier alpha value is -2.27. The van der Waals surface area contributed by atoms with Crippen LogP contribution in [0.15, 0.2) is 42.5 Å². The van der Waals surface area contributed by atoms with Crippen LogP contribution >= 0.6 is 0 Å². The zero-order valence-corrected chi connectivity index (χ0v) is 10.0. The molecule has 0 saturated carbocycles. The lowest BCUT2D eigenvalue weighted by atomic mass is 10.0. The number of carbonyl (C=O) groups is 1. The second kappa shape index (κ2) is 5.88. The lowest BCUT2D eigenvalue weighted by Gasteiger charge is -1.99. The van der Waals surface area contributed by atoms with Crippen molar-refractivity contribution in [1.29, 1.82) is 0 Å². The lowest BCUT2D eigenvalue weighted by molar-refractivity contribution is -0.137. The van der Waals surface area contributed by atoms with Crippen molar-refractivity contribution in [3.63, 3.8) is 0 Å². The highest BCUT2D eigenvalue weighted by atomic mass is 16.4. The summed E-state index contributed by atoms with van der Waals surface area (Å²) >= 11 is 0. The molecule has 0 radical (unpaired) electrons. The highest BCUT2D eigenvalue weighted by Crippen LogP contribution is 2.17. The van der Waals surface area contributed by atoms with Crippen LogP contribution in [0, 0.1) is 11.8 Å². The minimum atomic E-state index is -0.762. The Morgan fingerprint density at radius 3 is 2.72 bits per heavy atom. The third-order valence-corrected chi connectivity index (χ3v) is 2.71. The van der Waals surface area contributed by atoms with Gasteiger partial charge in [-0.25, -0.2) is 0 Å². The van der Waals surface area contributed by atoms with E-state index in [0.717, 1.165) is 10.9 Å². The number of fused-ring (bicyclic) bond motifs is 1. The van der Waals surface area contributed by atoms with Gasteiger partial charge in [0, 0.05) is 18.4 Å². The molecule has 2 rings (SSSR count). The van der Waals surface area contributed by atoms with Gasteiger partial charge in [0.15, 0.2) is 0 Å². The molecule has 0 fully saturated rings. The van der Waals surface area contributed by atoms with Gasteiger partial charge in [-0.05, 0) is 23.3 Å². The summed E-state index contributed by atoms with van der Waals surface area (Å²) in [6.45, 7) is 0. The van der Waals surface area contributed by atoms with Gasteiger partial charge in [0.2, 0.25) is 0 Å². The van der Waals surface area contributed by atoms with Crippen molar-refractivity contribution in [2.75, 3.05) is 0 Å². The van der Waals surface area contributed by atoms with Gasteiger partial charge in [-0.3, -0.25) is 4.79 Å². The van der Waals surface area contributed by atoms with E-state index in [2.05, 4.69) is 30.0 Å². The maximum absolute atomic E-state index is 10.4. The number of unbranched alkanes of at least 4 members (excludes halogenated alkanes) is 1. The SMILES string of the molecule is O=C(O)CCCC#Cc1cccc2ccccc12. The van der Waals surface area contributed by atoms with Crippen LogP contribution in [-0.4, -0.2) is 11.1 Å². The molecule has 0 aliphatic carbocycles. The van der Waals surface area contributed by atoms with Gasteiger partial charge in [-0.2, -0.15) is 0 Å². The second-order valence-corrected chi connectivity index (χ2v) is 4.08. The fourth-order valence-corrected chi connectivity index (χ4v) is 1.82. The quantitative estimate of drug-likeness (QED) is 0.657. The van der Waals surface area contributed by atoms with E-state index in [0.29, 0.717) is 12.8 Å². The first-order valence-corrected chi connectivity index (χ1v) is 5.96. The molecule has 0 atom stereocenters. The highest BCUT2D eigenvalue weighted by molar-refractivity contribution is 5.88. The third kappa shape index (κ3) is 3.11. The Labute approximate surface area is 106 Å². The predicted octanol–water partition coefficient (Wildman–Crippen LogP) is 3.45. The molecule has 2 aromatic carbocycles. The highest BCUT2D eigenvalue weighted by Gasteiger charge is 1.96. The molecule has 1 N–H and O–H groups in total. The molecule has 0 unspecified atom stereocenters. The lowest BCUT2D eigenvalue weighted by Crippen LogP contribution is -1.92. The van der Waals surface area contributed by atoms with Gasteiger partial charge in [-0.1, -0.05) is 48.2 Å². The van der Waals surface area contributed by atoms with Crippen molar-refractivity contribution in [3.8, 4) is 11.8 Å². The number of carboxylic acids is 1. The number of hydrogen-bond acceptors (Lipinski definition) is 1. The Kier molecular flexibility index (Phi) is 3.98. The molecule has 0 saturated heterocycles. The van der Waals surface area contributed by atoms with E-state index in [1.807, 2.05) is 24.3 Å². The fourth-order valence-electron chi connectivity index (χ4n) is 1.82. The minimum absolute atomic E-state index is 0.185. The summed E-state index contributed by atoms with van der Waals surface area (Å²) in [6.07, 6.45) is 1.41. The van der Waals surface area contributed by atoms with Crippen molar-refractivity contribution in [2.24, 2.45) is 0 Å². The molecule has 90 valence electrons. The molecule has 0 aromatic heterocycles. The van der Waals surface area contributed by atoms with Crippen LogP contribution in [0.3, 0.4) is 0 Å².